The topological polar surface area (TPSA) is 29.1 Å². The highest BCUT2D eigenvalue weighted by Gasteiger charge is 2.43. The molecule has 1 amide bonds. The maximum Gasteiger partial charge on any atom is 0.225 e. The number of β-lactam (4-membered cyclic amide) rings is 1. The first-order chi connectivity index (χ1) is 8.84. The fourth-order valence-electron chi connectivity index (χ4n) is 3.47. The van der Waals surface area contributed by atoms with E-state index in [0.717, 1.165) is 12.3 Å². The van der Waals surface area contributed by atoms with Gasteiger partial charge in [0.15, 0.2) is 0 Å². The second-order valence-electron chi connectivity index (χ2n) is 5.73. The highest BCUT2D eigenvalue weighted by molar-refractivity contribution is 5.86. The number of carbonyl (C=O) groups is 1. The van der Waals surface area contributed by atoms with Crippen molar-refractivity contribution in [3.8, 4) is 0 Å². The van der Waals surface area contributed by atoms with Crippen LogP contribution in [0.4, 0.5) is 0 Å². The summed E-state index contributed by atoms with van der Waals surface area (Å²) in [5.41, 5.74) is 1.29. The van der Waals surface area contributed by atoms with Crippen LogP contribution in [0.3, 0.4) is 0 Å². The summed E-state index contributed by atoms with van der Waals surface area (Å²) in [6, 6.07) is 10.8. The Balaban J connectivity index is 1.65. The number of nitrogens with one attached hydrogen (secondary N) is 1. The van der Waals surface area contributed by atoms with E-state index >= 15 is 0 Å². The Labute approximate surface area is 109 Å². The molecule has 96 valence electrons. The second kappa shape index (κ2) is 5.13. The summed E-state index contributed by atoms with van der Waals surface area (Å²) in [7, 11) is 0. The van der Waals surface area contributed by atoms with Crippen LogP contribution in [0.25, 0.3) is 0 Å². The van der Waals surface area contributed by atoms with Crippen molar-refractivity contribution in [1.82, 2.24) is 5.32 Å². The van der Waals surface area contributed by atoms with Crippen molar-refractivity contribution in [2.45, 2.75) is 44.6 Å². The molecule has 18 heavy (non-hydrogen) atoms. The van der Waals surface area contributed by atoms with Gasteiger partial charge in [-0.1, -0.05) is 49.6 Å². The largest absolute Gasteiger partial charge is 0.352 e. The molecule has 0 radical (unpaired) electrons. The molecule has 3 rings (SSSR count). The van der Waals surface area contributed by atoms with Gasteiger partial charge in [-0.2, -0.15) is 0 Å². The van der Waals surface area contributed by atoms with Gasteiger partial charge in [0.2, 0.25) is 5.91 Å². The van der Waals surface area contributed by atoms with Crippen molar-refractivity contribution < 1.29 is 4.79 Å². The third-order valence-electron chi connectivity index (χ3n) is 4.54. The summed E-state index contributed by atoms with van der Waals surface area (Å²) in [4.78, 5) is 11.8. The summed E-state index contributed by atoms with van der Waals surface area (Å²) >= 11 is 0. The van der Waals surface area contributed by atoms with E-state index in [4.69, 9.17) is 0 Å². The number of carbonyl (C=O) groups excluding carboxylic acids is 1. The van der Waals surface area contributed by atoms with E-state index in [2.05, 4.69) is 29.6 Å². The molecule has 1 aliphatic carbocycles. The van der Waals surface area contributed by atoms with Crippen molar-refractivity contribution in [3.63, 3.8) is 0 Å². The Morgan fingerprint density at radius 1 is 1.06 bits per heavy atom. The lowest BCUT2D eigenvalue weighted by molar-refractivity contribution is -0.137. The Bertz CT molecular complexity index is 408. The van der Waals surface area contributed by atoms with Crippen LogP contribution in [-0.4, -0.2) is 11.9 Å². The molecule has 1 aromatic carbocycles. The van der Waals surface area contributed by atoms with Gasteiger partial charge in [-0.3, -0.25) is 4.79 Å². The third-order valence-corrected chi connectivity index (χ3v) is 4.54. The van der Waals surface area contributed by atoms with Crippen LogP contribution >= 0.6 is 0 Å². The predicted molar refractivity (Wildman–Crippen MR) is 72.1 cm³/mol. The molecule has 1 aliphatic heterocycles. The maximum absolute atomic E-state index is 11.8. The fraction of sp³-hybridized carbons (Fsp3) is 0.562. The number of amides is 1. The van der Waals surface area contributed by atoms with E-state index in [1.165, 1.54) is 37.7 Å². The molecular weight excluding hydrogens is 222 g/mol. The van der Waals surface area contributed by atoms with E-state index < -0.39 is 0 Å². The summed E-state index contributed by atoms with van der Waals surface area (Å²) in [6.45, 7) is 0. The lowest BCUT2D eigenvalue weighted by Crippen LogP contribution is -2.62. The average Bonchev–Trinajstić information content (AvgIpc) is 2.44. The average molecular weight is 243 g/mol. The predicted octanol–water partition coefficient (Wildman–Crippen LogP) is 2.92. The monoisotopic (exact) mass is 243 g/mol. The summed E-state index contributed by atoms with van der Waals surface area (Å²) in [6.07, 6.45) is 7.57. The minimum Gasteiger partial charge on any atom is -0.352 e. The van der Waals surface area contributed by atoms with Gasteiger partial charge in [-0.15, -0.1) is 0 Å². The Morgan fingerprint density at radius 2 is 1.78 bits per heavy atom. The van der Waals surface area contributed by atoms with Crippen LogP contribution < -0.4 is 5.32 Å². The smallest absolute Gasteiger partial charge is 0.225 e. The Kier molecular flexibility index (Phi) is 3.35. The lowest BCUT2D eigenvalue weighted by atomic mass is 9.72. The van der Waals surface area contributed by atoms with Gasteiger partial charge in [-0.25, -0.2) is 0 Å². The van der Waals surface area contributed by atoms with E-state index in [1.807, 2.05) is 6.07 Å². The van der Waals surface area contributed by atoms with E-state index in [-0.39, 0.29) is 11.8 Å². The molecule has 2 atom stereocenters. The van der Waals surface area contributed by atoms with Crippen LogP contribution in [0.15, 0.2) is 30.3 Å². The minimum atomic E-state index is 0.218. The standard InChI is InChI=1S/C16H21NO/c18-16-14(11-12-7-3-1-4-8-12)15(17-16)13-9-5-2-6-10-13/h1,3-4,7-8,13-15H,2,5-6,9-11H2,(H,17,18). The quantitative estimate of drug-likeness (QED) is 0.813. The van der Waals surface area contributed by atoms with E-state index in [1.54, 1.807) is 0 Å². The molecule has 2 heteroatoms. The van der Waals surface area contributed by atoms with E-state index in [0.29, 0.717) is 6.04 Å². The molecule has 2 unspecified atom stereocenters. The van der Waals surface area contributed by atoms with Gasteiger partial charge in [-0.05, 0) is 30.7 Å². The number of hydrogen-bond acceptors (Lipinski definition) is 1. The molecule has 0 spiro atoms. The third kappa shape index (κ3) is 2.29. The molecule has 0 aromatic heterocycles. The number of hydrogen-bond donors (Lipinski definition) is 1. The van der Waals surface area contributed by atoms with Gasteiger partial charge in [0, 0.05) is 6.04 Å². The summed E-state index contributed by atoms with van der Waals surface area (Å²) in [5, 5.41) is 3.14. The molecule has 1 heterocycles. The molecule has 2 nitrogen and oxygen atoms in total. The zero-order valence-electron chi connectivity index (χ0n) is 10.8. The molecular formula is C16H21NO. The molecule has 2 fully saturated rings. The molecule has 2 aliphatic rings. The van der Waals surface area contributed by atoms with Crippen molar-refractivity contribution in [3.05, 3.63) is 35.9 Å². The second-order valence-corrected chi connectivity index (χ2v) is 5.73. The van der Waals surface area contributed by atoms with Gasteiger partial charge in [0.25, 0.3) is 0 Å². The first-order valence-corrected chi connectivity index (χ1v) is 7.19. The maximum atomic E-state index is 11.8. The van der Waals surface area contributed by atoms with Crippen LogP contribution in [0.5, 0.6) is 0 Å². The highest BCUT2D eigenvalue weighted by atomic mass is 16.2. The van der Waals surface area contributed by atoms with Gasteiger partial charge in [0.05, 0.1) is 5.92 Å². The van der Waals surface area contributed by atoms with Gasteiger partial charge in [0.1, 0.15) is 0 Å². The van der Waals surface area contributed by atoms with Crippen molar-refractivity contribution >= 4 is 5.91 Å². The zero-order valence-corrected chi connectivity index (χ0v) is 10.8. The van der Waals surface area contributed by atoms with Crippen LogP contribution in [0, 0.1) is 11.8 Å². The normalized spacial score (nSPS) is 28.6. The molecule has 1 aromatic rings. The van der Waals surface area contributed by atoms with Crippen LogP contribution in [0.2, 0.25) is 0 Å². The zero-order chi connectivity index (χ0) is 12.4. The fourth-order valence-corrected chi connectivity index (χ4v) is 3.47. The first-order valence-electron chi connectivity index (χ1n) is 7.19. The molecule has 1 N–H and O–H groups in total. The van der Waals surface area contributed by atoms with Crippen LogP contribution in [-0.2, 0) is 11.2 Å². The molecule has 0 bridgehead atoms. The number of rotatable bonds is 3. The van der Waals surface area contributed by atoms with Crippen LogP contribution in [0.1, 0.15) is 37.7 Å². The number of benzene rings is 1. The Morgan fingerprint density at radius 3 is 2.44 bits per heavy atom. The van der Waals surface area contributed by atoms with Crippen molar-refractivity contribution in [2.24, 2.45) is 11.8 Å². The lowest BCUT2D eigenvalue weighted by Gasteiger charge is -2.43. The minimum absolute atomic E-state index is 0.218. The Hall–Kier alpha value is -1.31. The SMILES string of the molecule is O=C1NC(C2CCCCC2)C1Cc1ccccc1. The summed E-state index contributed by atoms with van der Waals surface area (Å²) < 4.78 is 0. The molecule has 1 saturated heterocycles. The van der Waals surface area contributed by atoms with Gasteiger partial charge >= 0.3 is 0 Å². The first kappa shape index (κ1) is 11.8. The highest BCUT2D eigenvalue weighted by Crippen LogP contribution is 2.34. The summed E-state index contributed by atoms with van der Waals surface area (Å²) in [5.74, 6) is 1.20. The van der Waals surface area contributed by atoms with E-state index in [9.17, 15) is 4.79 Å². The van der Waals surface area contributed by atoms with Gasteiger partial charge < -0.3 is 5.32 Å². The molecule has 1 saturated carbocycles. The van der Waals surface area contributed by atoms with Crippen molar-refractivity contribution in [2.75, 3.05) is 0 Å². The van der Waals surface area contributed by atoms with Crippen molar-refractivity contribution in [1.29, 1.82) is 0 Å².